The van der Waals surface area contributed by atoms with Crippen molar-refractivity contribution >= 4 is 23.3 Å². The van der Waals surface area contributed by atoms with Gasteiger partial charge in [-0.15, -0.1) is 0 Å². The number of imide groups is 1. The summed E-state index contributed by atoms with van der Waals surface area (Å²) in [6.45, 7) is 3.09. The molecular formula is C18H17NO4. The Bertz CT molecular complexity index is 766. The van der Waals surface area contributed by atoms with Crippen LogP contribution in [-0.4, -0.2) is 28.3 Å². The Morgan fingerprint density at radius 2 is 1.70 bits per heavy atom. The molecule has 0 spiro atoms. The second-order valence-corrected chi connectivity index (χ2v) is 7.00. The fourth-order valence-electron chi connectivity index (χ4n) is 4.49. The zero-order chi connectivity index (χ0) is 16.6. The monoisotopic (exact) mass is 311 g/mol. The summed E-state index contributed by atoms with van der Waals surface area (Å²) < 4.78 is 0. The highest BCUT2D eigenvalue weighted by atomic mass is 16.3. The number of hydrogen-bond donors (Lipinski definition) is 1. The third-order valence-electron chi connectivity index (χ3n) is 5.65. The van der Waals surface area contributed by atoms with Crippen molar-refractivity contribution in [3.05, 3.63) is 42.5 Å². The molecule has 0 radical (unpaired) electrons. The van der Waals surface area contributed by atoms with Crippen LogP contribution in [0.25, 0.3) is 0 Å². The number of benzene rings is 1. The number of hydrogen-bond acceptors (Lipinski definition) is 4. The summed E-state index contributed by atoms with van der Waals surface area (Å²) in [4.78, 5) is 39.7. The average Bonchev–Trinajstić information content (AvgIpc) is 2.79. The Morgan fingerprint density at radius 3 is 2.35 bits per heavy atom. The molecule has 1 aromatic rings. The first-order valence-electron chi connectivity index (χ1n) is 7.69. The van der Waals surface area contributed by atoms with Crippen LogP contribution in [0, 0.1) is 23.2 Å². The first kappa shape index (κ1) is 14.3. The summed E-state index contributed by atoms with van der Waals surface area (Å²) >= 11 is 0. The van der Waals surface area contributed by atoms with Crippen molar-refractivity contribution < 1.29 is 19.5 Å². The quantitative estimate of drug-likeness (QED) is 0.627. The van der Waals surface area contributed by atoms with E-state index in [0.29, 0.717) is 5.69 Å². The van der Waals surface area contributed by atoms with Crippen LogP contribution in [0.1, 0.15) is 13.8 Å². The molecule has 1 saturated heterocycles. The number of carbonyl (C=O) groups excluding carboxylic acids is 3. The SMILES string of the molecule is CC1(O)C(=O)C2(C)C=CC1C1C(=O)N(c3ccccc3)C(=O)C12. The van der Waals surface area contributed by atoms with E-state index in [0.717, 1.165) is 0 Å². The van der Waals surface area contributed by atoms with E-state index in [2.05, 4.69) is 0 Å². The lowest BCUT2D eigenvalue weighted by Crippen LogP contribution is -2.64. The van der Waals surface area contributed by atoms with E-state index in [1.165, 1.54) is 11.8 Å². The smallest absolute Gasteiger partial charge is 0.239 e. The van der Waals surface area contributed by atoms with Gasteiger partial charge in [0.15, 0.2) is 5.78 Å². The van der Waals surface area contributed by atoms with Crippen LogP contribution >= 0.6 is 0 Å². The van der Waals surface area contributed by atoms with Gasteiger partial charge in [-0.2, -0.15) is 0 Å². The molecule has 118 valence electrons. The predicted octanol–water partition coefficient (Wildman–Crippen LogP) is 1.32. The van der Waals surface area contributed by atoms with Crippen molar-refractivity contribution in [2.45, 2.75) is 19.4 Å². The van der Waals surface area contributed by atoms with Crippen molar-refractivity contribution in [1.82, 2.24) is 0 Å². The minimum absolute atomic E-state index is 0.334. The van der Waals surface area contributed by atoms with Crippen molar-refractivity contribution in [2.24, 2.45) is 23.2 Å². The Hall–Kier alpha value is -2.27. The number of ketones is 1. The van der Waals surface area contributed by atoms with Gasteiger partial charge in [-0.3, -0.25) is 14.4 Å². The number of rotatable bonds is 1. The third-order valence-corrected chi connectivity index (χ3v) is 5.65. The number of anilines is 1. The Kier molecular flexibility index (Phi) is 2.60. The summed E-state index contributed by atoms with van der Waals surface area (Å²) in [5, 5.41) is 10.6. The maximum atomic E-state index is 12.9. The molecule has 2 bridgehead atoms. The summed E-state index contributed by atoms with van der Waals surface area (Å²) in [6.07, 6.45) is 3.42. The van der Waals surface area contributed by atoms with Crippen molar-refractivity contribution in [3.8, 4) is 0 Å². The normalized spacial score (nSPS) is 41.6. The fourth-order valence-corrected chi connectivity index (χ4v) is 4.49. The molecule has 1 N–H and O–H groups in total. The molecule has 2 fully saturated rings. The van der Waals surface area contributed by atoms with Crippen LogP contribution in [0.5, 0.6) is 0 Å². The molecule has 1 heterocycles. The summed E-state index contributed by atoms with van der Waals surface area (Å²) in [6, 6.07) is 8.72. The molecule has 1 aliphatic heterocycles. The molecule has 0 aromatic heterocycles. The predicted molar refractivity (Wildman–Crippen MR) is 82.3 cm³/mol. The van der Waals surface area contributed by atoms with Gasteiger partial charge < -0.3 is 5.11 Å². The fraction of sp³-hybridized carbons (Fsp3) is 0.389. The maximum Gasteiger partial charge on any atom is 0.239 e. The van der Waals surface area contributed by atoms with Gasteiger partial charge in [-0.05, 0) is 26.0 Å². The number of amides is 2. The topological polar surface area (TPSA) is 74.7 Å². The molecular weight excluding hydrogens is 294 g/mol. The number of Topliss-reactive ketones (excluding diaryl/α,β-unsaturated/α-hetero) is 1. The van der Waals surface area contributed by atoms with Crippen molar-refractivity contribution in [1.29, 1.82) is 0 Å². The van der Waals surface area contributed by atoms with E-state index in [1.54, 1.807) is 43.3 Å². The lowest BCUT2D eigenvalue weighted by atomic mass is 9.50. The molecule has 5 heteroatoms. The largest absolute Gasteiger partial charge is 0.382 e. The molecule has 3 aliphatic carbocycles. The van der Waals surface area contributed by atoms with Crippen LogP contribution < -0.4 is 4.90 Å². The van der Waals surface area contributed by atoms with Gasteiger partial charge in [0.25, 0.3) is 0 Å². The molecule has 5 unspecified atom stereocenters. The number of allylic oxidation sites excluding steroid dienone is 1. The number of para-hydroxylation sites is 1. The van der Waals surface area contributed by atoms with E-state index in [4.69, 9.17) is 0 Å². The first-order valence-corrected chi connectivity index (χ1v) is 7.69. The molecule has 5 rings (SSSR count). The van der Waals surface area contributed by atoms with E-state index >= 15 is 0 Å². The standard InChI is InChI=1S/C18H17NO4/c1-17-9-8-11(18(2,23)16(17)22)12-13(17)15(21)19(14(12)20)10-6-4-3-5-7-10/h3-9,11-13,23H,1-2H3. The van der Waals surface area contributed by atoms with Gasteiger partial charge in [-0.25, -0.2) is 4.90 Å². The Morgan fingerprint density at radius 1 is 1.04 bits per heavy atom. The second-order valence-electron chi connectivity index (χ2n) is 7.00. The molecule has 1 aromatic carbocycles. The second kappa shape index (κ2) is 4.17. The number of fused-ring (bicyclic) bond motifs is 1. The zero-order valence-corrected chi connectivity index (χ0v) is 12.9. The van der Waals surface area contributed by atoms with Crippen LogP contribution in [0.4, 0.5) is 5.69 Å². The number of nitrogens with zero attached hydrogens (tertiary/aromatic N) is 1. The van der Waals surface area contributed by atoms with Crippen LogP contribution in [0.2, 0.25) is 0 Å². The summed E-state index contributed by atoms with van der Waals surface area (Å²) in [5.41, 5.74) is -2.25. The maximum absolute atomic E-state index is 12.9. The molecule has 23 heavy (non-hydrogen) atoms. The number of carbonyl (C=O) groups is 3. The Labute approximate surface area is 133 Å². The lowest BCUT2D eigenvalue weighted by molar-refractivity contribution is -0.169. The minimum Gasteiger partial charge on any atom is -0.382 e. The van der Waals surface area contributed by atoms with E-state index in [-0.39, 0.29) is 17.6 Å². The highest BCUT2D eigenvalue weighted by Gasteiger charge is 2.70. The van der Waals surface area contributed by atoms with Gasteiger partial charge in [-0.1, -0.05) is 30.4 Å². The first-order chi connectivity index (χ1) is 10.8. The van der Waals surface area contributed by atoms with E-state index in [9.17, 15) is 19.5 Å². The molecule has 5 atom stereocenters. The van der Waals surface area contributed by atoms with Crippen molar-refractivity contribution in [2.75, 3.05) is 4.90 Å². The molecule has 2 amide bonds. The van der Waals surface area contributed by atoms with Crippen molar-refractivity contribution in [3.63, 3.8) is 0 Å². The van der Waals surface area contributed by atoms with Gasteiger partial charge >= 0.3 is 0 Å². The van der Waals surface area contributed by atoms with Crippen LogP contribution in [0.15, 0.2) is 42.5 Å². The molecule has 4 aliphatic rings. The van der Waals surface area contributed by atoms with Gasteiger partial charge in [0, 0.05) is 5.92 Å². The van der Waals surface area contributed by atoms with Gasteiger partial charge in [0.1, 0.15) is 5.60 Å². The lowest BCUT2D eigenvalue weighted by Gasteiger charge is -2.51. The number of aliphatic hydroxyl groups is 1. The minimum atomic E-state index is -1.62. The molecule has 1 saturated carbocycles. The van der Waals surface area contributed by atoms with E-state index in [1.807, 2.05) is 6.07 Å². The summed E-state index contributed by atoms with van der Waals surface area (Å²) in [7, 11) is 0. The summed E-state index contributed by atoms with van der Waals surface area (Å²) in [5.74, 6) is -3.16. The van der Waals surface area contributed by atoms with E-state index < -0.39 is 28.8 Å². The highest BCUT2D eigenvalue weighted by Crippen LogP contribution is 2.58. The van der Waals surface area contributed by atoms with Crippen LogP contribution in [0.3, 0.4) is 0 Å². The third kappa shape index (κ3) is 1.53. The highest BCUT2D eigenvalue weighted by molar-refractivity contribution is 6.25. The van der Waals surface area contributed by atoms with Gasteiger partial charge in [0.05, 0.1) is 22.9 Å². The van der Waals surface area contributed by atoms with Crippen LogP contribution in [-0.2, 0) is 14.4 Å². The Balaban J connectivity index is 1.88. The average molecular weight is 311 g/mol. The zero-order valence-electron chi connectivity index (χ0n) is 12.9. The molecule has 5 nitrogen and oxygen atoms in total. The van der Waals surface area contributed by atoms with Gasteiger partial charge in [0.2, 0.25) is 11.8 Å².